The van der Waals surface area contributed by atoms with Crippen molar-refractivity contribution in [1.29, 1.82) is 0 Å². The molecule has 2 aromatic carbocycles. The van der Waals surface area contributed by atoms with Crippen molar-refractivity contribution in [3.05, 3.63) is 64.2 Å². The first kappa shape index (κ1) is 14.8. The summed E-state index contributed by atoms with van der Waals surface area (Å²) in [6, 6.07) is 12.2. The molecule has 0 aliphatic carbocycles. The predicted octanol–water partition coefficient (Wildman–Crippen LogP) is 4.11. The largest absolute Gasteiger partial charge is 0.492 e. The van der Waals surface area contributed by atoms with E-state index in [0.717, 1.165) is 5.56 Å². The fourth-order valence-corrected chi connectivity index (χ4v) is 2.70. The number of hydrogen-bond donors (Lipinski definition) is 0. The molecule has 0 N–H and O–H groups in total. The minimum atomic E-state index is -0.433. The smallest absolute Gasteiger partial charge is 0.173 e. The third-order valence-electron chi connectivity index (χ3n) is 3.81. The summed E-state index contributed by atoms with van der Waals surface area (Å²) in [4.78, 5) is 24.8. The number of rotatable bonds is 3. The molecule has 0 fully saturated rings. The van der Waals surface area contributed by atoms with Gasteiger partial charge in [-0.2, -0.15) is 0 Å². The molecule has 0 saturated heterocycles. The van der Waals surface area contributed by atoms with Crippen LogP contribution in [0.15, 0.2) is 42.5 Å². The molecule has 0 bridgehead atoms. The number of carbonyl (C=O) groups is 2. The van der Waals surface area contributed by atoms with E-state index < -0.39 is 5.92 Å². The van der Waals surface area contributed by atoms with Gasteiger partial charge in [0.2, 0.25) is 0 Å². The van der Waals surface area contributed by atoms with Gasteiger partial charge in [-0.05, 0) is 43.3 Å². The highest BCUT2D eigenvalue weighted by atomic mass is 35.5. The molecule has 0 amide bonds. The van der Waals surface area contributed by atoms with Gasteiger partial charge in [0.15, 0.2) is 11.6 Å². The van der Waals surface area contributed by atoms with Gasteiger partial charge >= 0.3 is 0 Å². The maximum absolute atomic E-state index is 12.5. The summed E-state index contributed by atoms with van der Waals surface area (Å²) in [5.41, 5.74) is 2.13. The lowest BCUT2D eigenvalue weighted by molar-refractivity contribution is 0.0768. The number of aryl methyl sites for hydroxylation is 1. The monoisotopic (exact) mass is 314 g/mol. The van der Waals surface area contributed by atoms with Crippen molar-refractivity contribution in [2.75, 3.05) is 6.61 Å². The van der Waals surface area contributed by atoms with Gasteiger partial charge in [0.05, 0.1) is 18.1 Å². The molecule has 1 aliphatic heterocycles. The Bertz CT molecular complexity index is 734. The zero-order valence-corrected chi connectivity index (χ0v) is 12.9. The Kier molecular flexibility index (Phi) is 3.99. The number of ether oxygens (including phenoxy) is 1. The molecule has 1 atom stereocenters. The van der Waals surface area contributed by atoms with Crippen LogP contribution in [0.3, 0.4) is 0 Å². The molecule has 22 heavy (non-hydrogen) atoms. The maximum Gasteiger partial charge on any atom is 0.173 e. The lowest BCUT2D eigenvalue weighted by atomic mass is 9.89. The molecule has 0 radical (unpaired) electrons. The molecule has 3 nitrogen and oxygen atoms in total. The molecule has 1 aliphatic rings. The lowest BCUT2D eigenvalue weighted by Gasteiger charge is -2.24. The summed E-state index contributed by atoms with van der Waals surface area (Å²) >= 11 is 5.82. The second-order valence-corrected chi connectivity index (χ2v) is 5.94. The number of carbonyl (C=O) groups excluding carboxylic acids is 2. The molecule has 1 unspecified atom stereocenters. The first-order valence-electron chi connectivity index (χ1n) is 7.11. The van der Waals surface area contributed by atoms with E-state index in [0.29, 0.717) is 21.9 Å². The Hall–Kier alpha value is -2.13. The zero-order valence-electron chi connectivity index (χ0n) is 12.1. The van der Waals surface area contributed by atoms with Gasteiger partial charge in [0, 0.05) is 17.0 Å². The highest BCUT2D eigenvalue weighted by Gasteiger charge is 2.30. The number of benzene rings is 2. The third-order valence-corrected chi connectivity index (χ3v) is 4.06. The number of Topliss-reactive ketones (excluding diaryl/α,β-unsaturated/α-hetero) is 2. The van der Waals surface area contributed by atoms with Gasteiger partial charge in [0.1, 0.15) is 5.75 Å². The third kappa shape index (κ3) is 2.90. The standard InChI is InChI=1S/C18H15ClO3/c1-11-2-7-17-15(8-11)18(21)13(10-22-17)9-16(20)12-3-5-14(19)6-4-12/h2-8,13H,9-10H2,1H3. The van der Waals surface area contributed by atoms with Crippen molar-refractivity contribution in [3.63, 3.8) is 0 Å². The van der Waals surface area contributed by atoms with Crippen LogP contribution < -0.4 is 4.74 Å². The Morgan fingerprint density at radius 3 is 2.68 bits per heavy atom. The second-order valence-electron chi connectivity index (χ2n) is 5.51. The summed E-state index contributed by atoms with van der Waals surface area (Å²) in [7, 11) is 0. The van der Waals surface area contributed by atoms with Crippen molar-refractivity contribution < 1.29 is 14.3 Å². The first-order valence-corrected chi connectivity index (χ1v) is 7.49. The van der Waals surface area contributed by atoms with Crippen LogP contribution in [0.4, 0.5) is 0 Å². The minimum Gasteiger partial charge on any atom is -0.492 e. The van der Waals surface area contributed by atoms with E-state index >= 15 is 0 Å². The SMILES string of the molecule is Cc1ccc2c(c1)C(=O)C(CC(=O)c1ccc(Cl)cc1)CO2. The van der Waals surface area contributed by atoms with Crippen LogP contribution in [0.5, 0.6) is 5.75 Å². The molecule has 0 aromatic heterocycles. The summed E-state index contributed by atoms with van der Waals surface area (Å²) in [6.07, 6.45) is 0.147. The van der Waals surface area contributed by atoms with Crippen LogP contribution in [0.25, 0.3) is 0 Å². The number of ketones is 2. The van der Waals surface area contributed by atoms with Gasteiger partial charge in [-0.3, -0.25) is 9.59 Å². The van der Waals surface area contributed by atoms with Crippen LogP contribution in [0.2, 0.25) is 5.02 Å². The summed E-state index contributed by atoms with van der Waals surface area (Å²) < 4.78 is 5.62. The Balaban J connectivity index is 1.78. The average Bonchev–Trinajstić information content (AvgIpc) is 2.51. The molecule has 0 saturated carbocycles. The molecule has 1 heterocycles. The van der Waals surface area contributed by atoms with Gasteiger partial charge in [0.25, 0.3) is 0 Å². The van der Waals surface area contributed by atoms with Crippen LogP contribution in [-0.2, 0) is 0 Å². The van der Waals surface area contributed by atoms with Crippen molar-refractivity contribution in [2.24, 2.45) is 5.92 Å². The highest BCUT2D eigenvalue weighted by Crippen LogP contribution is 2.30. The van der Waals surface area contributed by atoms with E-state index in [4.69, 9.17) is 16.3 Å². The fourth-order valence-electron chi connectivity index (χ4n) is 2.58. The first-order chi connectivity index (χ1) is 10.5. The van der Waals surface area contributed by atoms with Crippen LogP contribution in [0, 0.1) is 12.8 Å². The van der Waals surface area contributed by atoms with Crippen molar-refractivity contribution in [2.45, 2.75) is 13.3 Å². The molecule has 0 spiro atoms. The van der Waals surface area contributed by atoms with E-state index in [1.165, 1.54) is 0 Å². The van der Waals surface area contributed by atoms with E-state index in [2.05, 4.69) is 0 Å². The number of halogens is 1. The molecule has 112 valence electrons. The van der Waals surface area contributed by atoms with Gasteiger partial charge < -0.3 is 4.74 Å². The summed E-state index contributed by atoms with van der Waals surface area (Å²) in [6.45, 7) is 2.17. The minimum absolute atomic E-state index is 0.0211. The molecule has 2 aromatic rings. The van der Waals surface area contributed by atoms with Crippen molar-refractivity contribution >= 4 is 23.2 Å². The van der Waals surface area contributed by atoms with Crippen LogP contribution >= 0.6 is 11.6 Å². The number of fused-ring (bicyclic) bond motifs is 1. The van der Waals surface area contributed by atoms with Gasteiger partial charge in [-0.15, -0.1) is 0 Å². The summed E-state index contributed by atoms with van der Waals surface area (Å²) in [5.74, 6) is 0.0743. The average molecular weight is 315 g/mol. The molecular formula is C18H15ClO3. The quantitative estimate of drug-likeness (QED) is 0.801. The van der Waals surface area contributed by atoms with E-state index in [1.54, 1.807) is 30.3 Å². The molecule has 4 heteroatoms. The predicted molar refractivity (Wildman–Crippen MR) is 84.9 cm³/mol. The van der Waals surface area contributed by atoms with Crippen LogP contribution in [-0.4, -0.2) is 18.2 Å². The van der Waals surface area contributed by atoms with E-state index in [1.807, 2.05) is 19.1 Å². The lowest BCUT2D eigenvalue weighted by Crippen LogP contribution is -2.30. The number of hydrogen-bond acceptors (Lipinski definition) is 3. The van der Waals surface area contributed by atoms with E-state index in [9.17, 15) is 9.59 Å². The molecule has 3 rings (SSSR count). The normalized spacial score (nSPS) is 16.8. The Labute approximate surface area is 133 Å². The van der Waals surface area contributed by atoms with E-state index in [-0.39, 0.29) is 24.6 Å². The second kappa shape index (κ2) is 5.93. The van der Waals surface area contributed by atoms with Crippen molar-refractivity contribution in [1.82, 2.24) is 0 Å². The Morgan fingerprint density at radius 1 is 1.23 bits per heavy atom. The van der Waals surface area contributed by atoms with Gasteiger partial charge in [-0.1, -0.05) is 23.2 Å². The zero-order chi connectivity index (χ0) is 15.7. The maximum atomic E-state index is 12.5. The summed E-state index contributed by atoms with van der Waals surface area (Å²) in [5, 5.41) is 0.582. The molecular weight excluding hydrogens is 300 g/mol. The Morgan fingerprint density at radius 2 is 1.95 bits per heavy atom. The van der Waals surface area contributed by atoms with Crippen LogP contribution in [0.1, 0.15) is 32.7 Å². The van der Waals surface area contributed by atoms with Crippen molar-refractivity contribution in [3.8, 4) is 5.75 Å². The topological polar surface area (TPSA) is 43.4 Å². The van der Waals surface area contributed by atoms with Gasteiger partial charge in [-0.25, -0.2) is 0 Å². The fraction of sp³-hybridized carbons (Fsp3) is 0.222. The highest BCUT2D eigenvalue weighted by molar-refractivity contribution is 6.30.